The third-order valence-electron chi connectivity index (χ3n) is 2.60. The normalized spacial score (nSPS) is 11.2. The number of aliphatic imine (C=N–C) groups is 1. The Morgan fingerprint density at radius 3 is 2.80 bits per heavy atom. The molecule has 0 atom stereocenters. The van der Waals surface area contributed by atoms with Gasteiger partial charge in [-0.05, 0) is 24.6 Å². The molecular formula is C14H21BrN4O. The van der Waals surface area contributed by atoms with Gasteiger partial charge in [0.1, 0.15) is 0 Å². The monoisotopic (exact) mass is 340 g/mol. The van der Waals surface area contributed by atoms with Crippen molar-refractivity contribution in [1.29, 1.82) is 0 Å². The van der Waals surface area contributed by atoms with Crippen molar-refractivity contribution in [2.45, 2.75) is 19.8 Å². The van der Waals surface area contributed by atoms with Crippen molar-refractivity contribution in [3.05, 3.63) is 34.3 Å². The van der Waals surface area contributed by atoms with Crippen molar-refractivity contribution in [3.8, 4) is 0 Å². The molecule has 0 unspecified atom stereocenters. The first-order valence-corrected chi connectivity index (χ1v) is 7.50. The topological polar surface area (TPSA) is 79.5 Å². The fraction of sp³-hybridized carbons (Fsp3) is 0.429. The molecular weight excluding hydrogens is 320 g/mol. The number of benzene rings is 1. The Kier molecular flexibility index (Phi) is 7.72. The summed E-state index contributed by atoms with van der Waals surface area (Å²) < 4.78 is 0.885. The Balaban J connectivity index is 2.24. The smallest absolute Gasteiger partial charge is 0.251 e. The molecule has 0 aliphatic rings. The Bertz CT molecular complexity index is 462. The van der Waals surface area contributed by atoms with Crippen LogP contribution in [0.2, 0.25) is 0 Å². The maximum atomic E-state index is 11.8. The number of halogens is 1. The van der Waals surface area contributed by atoms with E-state index in [1.807, 2.05) is 12.1 Å². The van der Waals surface area contributed by atoms with Crippen LogP contribution >= 0.6 is 15.9 Å². The van der Waals surface area contributed by atoms with Gasteiger partial charge in [-0.25, -0.2) is 0 Å². The zero-order valence-electron chi connectivity index (χ0n) is 11.7. The molecule has 110 valence electrons. The minimum absolute atomic E-state index is 0.102. The molecule has 0 bridgehead atoms. The van der Waals surface area contributed by atoms with E-state index in [0.717, 1.165) is 23.9 Å². The van der Waals surface area contributed by atoms with Crippen LogP contribution in [0.1, 0.15) is 30.1 Å². The highest BCUT2D eigenvalue weighted by atomic mass is 79.9. The predicted molar refractivity (Wildman–Crippen MR) is 85.9 cm³/mol. The summed E-state index contributed by atoms with van der Waals surface area (Å²) in [6, 6.07) is 7.26. The van der Waals surface area contributed by atoms with Crippen molar-refractivity contribution in [3.63, 3.8) is 0 Å². The maximum Gasteiger partial charge on any atom is 0.251 e. The summed E-state index contributed by atoms with van der Waals surface area (Å²) in [5, 5.41) is 5.78. The fourth-order valence-electron chi connectivity index (χ4n) is 1.51. The minimum atomic E-state index is -0.102. The zero-order chi connectivity index (χ0) is 14.8. The number of guanidine groups is 1. The van der Waals surface area contributed by atoms with Gasteiger partial charge in [0.25, 0.3) is 5.91 Å². The van der Waals surface area contributed by atoms with Crippen molar-refractivity contribution in [1.82, 2.24) is 10.6 Å². The first-order valence-electron chi connectivity index (χ1n) is 6.71. The lowest BCUT2D eigenvalue weighted by atomic mass is 10.2. The second kappa shape index (κ2) is 9.36. The quantitative estimate of drug-likeness (QED) is 0.402. The molecule has 0 spiro atoms. The zero-order valence-corrected chi connectivity index (χ0v) is 13.2. The van der Waals surface area contributed by atoms with E-state index < -0.39 is 0 Å². The second-order valence-corrected chi connectivity index (χ2v) is 5.23. The lowest BCUT2D eigenvalue weighted by Gasteiger charge is -2.07. The largest absolute Gasteiger partial charge is 0.370 e. The number of amides is 1. The van der Waals surface area contributed by atoms with Crippen LogP contribution in [-0.4, -0.2) is 31.5 Å². The summed E-state index contributed by atoms with van der Waals surface area (Å²) in [6.07, 6.45) is 2.13. The number of carbonyl (C=O) groups is 1. The van der Waals surface area contributed by atoms with Gasteiger partial charge in [-0.1, -0.05) is 35.3 Å². The standard InChI is InChI=1S/C14H21BrN4O/c1-2-3-7-18-14(16)19-9-8-17-13(20)11-5-4-6-12(15)10-11/h4-6,10H,2-3,7-9H2,1H3,(H,17,20)(H3,16,18,19). The highest BCUT2D eigenvalue weighted by Gasteiger charge is 2.04. The van der Waals surface area contributed by atoms with Gasteiger partial charge in [0.05, 0.1) is 0 Å². The van der Waals surface area contributed by atoms with E-state index in [9.17, 15) is 4.79 Å². The molecule has 0 heterocycles. The highest BCUT2D eigenvalue weighted by molar-refractivity contribution is 9.10. The van der Waals surface area contributed by atoms with Gasteiger partial charge in [0.2, 0.25) is 0 Å². The molecule has 0 aromatic heterocycles. The minimum Gasteiger partial charge on any atom is -0.370 e. The summed E-state index contributed by atoms with van der Waals surface area (Å²) in [5.41, 5.74) is 6.31. The Hall–Kier alpha value is -1.56. The molecule has 0 fully saturated rings. The summed E-state index contributed by atoms with van der Waals surface area (Å²) in [7, 11) is 0. The van der Waals surface area contributed by atoms with Crippen molar-refractivity contribution < 1.29 is 4.79 Å². The van der Waals surface area contributed by atoms with Crippen LogP contribution in [-0.2, 0) is 0 Å². The van der Waals surface area contributed by atoms with E-state index in [0.29, 0.717) is 24.6 Å². The number of hydrogen-bond acceptors (Lipinski definition) is 2. The Morgan fingerprint density at radius 1 is 1.35 bits per heavy atom. The number of nitrogens with zero attached hydrogens (tertiary/aromatic N) is 1. The van der Waals surface area contributed by atoms with E-state index >= 15 is 0 Å². The number of hydrogen-bond donors (Lipinski definition) is 3. The van der Waals surface area contributed by atoms with Gasteiger partial charge in [-0.15, -0.1) is 0 Å². The van der Waals surface area contributed by atoms with Crippen molar-refractivity contribution in [2.24, 2.45) is 10.7 Å². The number of carbonyl (C=O) groups excluding carboxylic acids is 1. The maximum absolute atomic E-state index is 11.8. The molecule has 0 saturated carbocycles. The van der Waals surface area contributed by atoms with E-state index in [2.05, 4.69) is 38.5 Å². The number of nitrogens with two attached hydrogens (primary N) is 1. The first-order chi connectivity index (χ1) is 9.63. The third-order valence-corrected chi connectivity index (χ3v) is 3.09. The van der Waals surface area contributed by atoms with Crippen LogP contribution in [0, 0.1) is 0 Å². The van der Waals surface area contributed by atoms with Gasteiger partial charge in [0.15, 0.2) is 5.96 Å². The predicted octanol–water partition coefficient (Wildman–Crippen LogP) is 1.88. The molecule has 1 rings (SSSR count). The molecule has 4 N–H and O–H groups in total. The molecule has 1 aromatic rings. The van der Waals surface area contributed by atoms with Crippen molar-refractivity contribution in [2.75, 3.05) is 19.6 Å². The van der Waals surface area contributed by atoms with Crippen LogP contribution < -0.4 is 16.4 Å². The number of nitrogens with one attached hydrogen (secondary N) is 2. The lowest BCUT2D eigenvalue weighted by molar-refractivity contribution is 0.0954. The summed E-state index contributed by atoms with van der Waals surface area (Å²) in [5.74, 6) is 0.324. The highest BCUT2D eigenvalue weighted by Crippen LogP contribution is 2.11. The molecule has 0 saturated heterocycles. The SMILES string of the molecule is CCCCN=C(N)NCCNC(=O)c1cccc(Br)c1. The van der Waals surface area contributed by atoms with Crippen LogP contribution in [0.25, 0.3) is 0 Å². The molecule has 0 radical (unpaired) electrons. The van der Waals surface area contributed by atoms with Gasteiger partial charge < -0.3 is 16.4 Å². The third kappa shape index (κ3) is 6.56. The van der Waals surface area contributed by atoms with Gasteiger partial charge >= 0.3 is 0 Å². The molecule has 6 heteroatoms. The Labute approximate surface area is 128 Å². The lowest BCUT2D eigenvalue weighted by Crippen LogP contribution is -2.38. The van der Waals surface area contributed by atoms with E-state index in [1.54, 1.807) is 12.1 Å². The van der Waals surface area contributed by atoms with Crippen LogP contribution in [0.3, 0.4) is 0 Å². The van der Waals surface area contributed by atoms with E-state index in [1.165, 1.54) is 0 Å². The fourth-order valence-corrected chi connectivity index (χ4v) is 1.91. The number of unbranched alkanes of at least 4 members (excludes halogenated alkanes) is 1. The first kappa shape index (κ1) is 16.5. The summed E-state index contributed by atoms with van der Waals surface area (Å²) in [4.78, 5) is 16.0. The molecule has 0 aliphatic heterocycles. The average Bonchev–Trinajstić information content (AvgIpc) is 2.43. The van der Waals surface area contributed by atoms with Crippen LogP contribution in [0.15, 0.2) is 33.7 Å². The molecule has 1 amide bonds. The number of rotatable bonds is 7. The van der Waals surface area contributed by atoms with Crippen molar-refractivity contribution >= 4 is 27.8 Å². The van der Waals surface area contributed by atoms with Crippen LogP contribution in [0.5, 0.6) is 0 Å². The summed E-state index contributed by atoms with van der Waals surface area (Å²) >= 11 is 3.34. The van der Waals surface area contributed by atoms with Crippen LogP contribution in [0.4, 0.5) is 0 Å². The summed E-state index contributed by atoms with van der Waals surface area (Å²) in [6.45, 7) is 3.90. The average molecular weight is 341 g/mol. The van der Waals surface area contributed by atoms with Gasteiger partial charge in [-0.2, -0.15) is 0 Å². The molecule has 0 aliphatic carbocycles. The second-order valence-electron chi connectivity index (χ2n) is 4.31. The Morgan fingerprint density at radius 2 is 2.10 bits per heavy atom. The van der Waals surface area contributed by atoms with E-state index in [4.69, 9.17) is 5.73 Å². The van der Waals surface area contributed by atoms with Gasteiger partial charge in [-0.3, -0.25) is 9.79 Å². The molecule has 20 heavy (non-hydrogen) atoms. The molecule has 5 nitrogen and oxygen atoms in total. The van der Waals surface area contributed by atoms with Gasteiger partial charge in [0, 0.05) is 29.7 Å². The van der Waals surface area contributed by atoms with E-state index in [-0.39, 0.29) is 5.91 Å². The molecule has 1 aromatic carbocycles.